The third-order valence-electron chi connectivity index (χ3n) is 2.09. The smallest absolute Gasteiger partial charge is 0.413 e. The average molecular weight is 297 g/mol. The van der Waals surface area contributed by atoms with Crippen molar-refractivity contribution in [2.24, 2.45) is 7.05 Å². The summed E-state index contributed by atoms with van der Waals surface area (Å²) in [5.74, 6) is -0.217. The molecule has 21 heavy (non-hydrogen) atoms. The van der Waals surface area contributed by atoms with Crippen molar-refractivity contribution in [3.05, 3.63) is 12.0 Å². The van der Waals surface area contributed by atoms with Gasteiger partial charge in [-0.05, 0) is 41.5 Å². The molecule has 118 valence electrons. The van der Waals surface area contributed by atoms with Crippen LogP contribution in [0.5, 0.6) is 0 Å². The highest BCUT2D eigenvalue weighted by molar-refractivity contribution is 5.88. The quantitative estimate of drug-likeness (QED) is 0.849. The summed E-state index contributed by atoms with van der Waals surface area (Å²) in [5.41, 5.74) is -1.21. The second kappa shape index (κ2) is 5.75. The molecule has 0 saturated heterocycles. The Morgan fingerprint density at radius 3 is 2.10 bits per heavy atom. The molecule has 0 radical (unpaired) electrons. The zero-order chi connectivity index (χ0) is 16.4. The molecule has 0 aliphatic heterocycles. The number of carbonyl (C=O) groups excluding carboxylic acids is 2. The van der Waals surface area contributed by atoms with Crippen molar-refractivity contribution in [2.75, 3.05) is 5.32 Å². The van der Waals surface area contributed by atoms with Gasteiger partial charge in [0.25, 0.3) is 0 Å². The fraction of sp³-hybridized carbons (Fsp3) is 0.643. The SMILES string of the molecule is Cn1cc(NC(=O)OC(C)(C)C)nc1C(=O)OC(C)(C)C. The molecule has 1 heterocycles. The number of rotatable bonds is 2. The molecule has 0 unspecified atom stereocenters. The maximum absolute atomic E-state index is 12.0. The molecule has 0 bridgehead atoms. The fourth-order valence-corrected chi connectivity index (χ4v) is 1.45. The molecule has 0 aliphatic carbocycles. The Kier molecular flexibility index (Phi) is 4.65. The lowest BCUT2D eigenvalue weighted by atomic mass is 10.2. The van der Waals surface area contributed by atoms with E-state index in [1.54, 1.807) is 48.6 Å². The monoisotopic (exact) mass is 297 g/mol. The van der Waals surface area contributed by atoms with Crippen LogP contribution in [0.3, 0.4) is 0 Å². The van der Waals surface area contributed by atoms with Gasteiger partial charge in [0.2, 0.25) is 5.82 Å². The van der Waals surface area contributed by atoms with Crippen LogP contribution >= 0.6 is 0 Å². The molecular formula is C14H23N3O4. The van der Waals surface area contributed by atoms with Crippen molar-refractivity contribution in [2.45, 2.75) is 52.7 Å². The number of amides is 1. The number of anilines is 1. The van der Waals surface area contributed by atoms with E-state index in [1.165, 1.54) is 10.8 Å². The number of aryl methyl sites for hydroxylation is 1. The van der Waals surface area contributed by atoms with Gasteiger partial charge in [0.1, 0.15) is 11.2 Å². The topological polar surface area (TPSA) is 82.5 Å². The second-order valence-electron chi connectivity index (χ2n) is 6.69. The third-order valence-corrected chi connectivity index (χ3v) is 2.09. The van der Waals surface area contributed by atoms with Crippen molar-refractivity contribution in [1.29, 1.82) is 0 Å². The van der Waals surface area contributed by atoms with E-state index >= 15 is 0 Å². The van der Waals surface area contributed by atoms with E-state index in [1.807, 2.05) is 0 Å². The van der Waals surface area contributed by atoms with Gasteiger partial charge in [-0.15, -0.1) is 0 Å². The van der Waals surface area contributed by atoms with Crippen LogP contribution in [0.1, 0.15) is 52.2 Å². The molecule has 0 spiro atoms. The fourth-order valence-electron chi connectivity index (χ4n) is 1.45. The molecule has 1 rings (SSSR count). The lowest BCUT2D eigenvalue weighted by Crippen LogP contribution is -2.27. The average Bonchev–Trinajstić information content (AvgIpc) is 2.53. The Morgan fingerprint density at radius 2 is 1.62 bits per heavy atom. The Hall–Kier alpha value is -2.05. The van der Waals surface area contributed by atoms with Gasteiger partial charge in [0, 0.05) is 13.2 Å². The number of carbonyl (C=O) groups is 2. The van der Waals surface area contributed by atoms with E-state index in [9.17, 15) is 9.59 Å². The number of esters is 1. The minimum atomic E-state index is -0.628. The van der Waals surface area contributed by atoms with Crippen molar-refractivity contribution >= 4 is 17.9 Å². The van der Waals surface area contributed by atoms with Crippen molar-refractivity contribution < 1.29 is 19.1 Å². The first-order chi connectivity index (χ1) is 9.37. The number of hydrogen-bond donors (Lipinski definition) is 1. The molecule has 1 N–H and O–H groups in total. The summed E-state index contributed by atoms with van der Waals surface area (Å²) in [6.07, 6.45) is 0.889. The zero-order valence-corrected chi connectivity index (χ0v) is 13.6. The van der Waals surface area contributed by atoms with Gasteiger partial charge in [-0.1, -0.05) is 0 Å². The maximum atomic E-state index is 12.0. The van der Waals surface area contributed by atoms with Crippen LogP contribution < -0.4 is 5.32 Å². The van der Waals surface area contributed by atoms with Gasteiger partial charge in [0.05, 0.1) is 0 Å². The standard InChI is InChI=1S/C14H23N3O4/c1-13(2,3)20-11(18)10-15-9(8-17(10)7)16-12(19)21-14(4,5)6/h8H,1-7H3,(H,16,19). The Balaban J connectivity index is 2.79. The van der Waals surface area contributed by atoms with Gasteiger partial charge in [0.15, 0.2) is 5.82 Å². The first kappa shape index (κ1) is 17.0. The largest absolute Gasteiger partial charge is 0.454 e. The predicted molar refractivity (Wildman–Crippen MR) is 78.2 cm³/mol. The first-order valence-electron chi connectivity index (χ1n) is 6.64. The van der Waals surface area contributed by atoms with Gasteiger partial charge in [-0.2, -0.15) is 0 Å². The number of nitrogens with one attached hydrogen (secondary N) is 1. The summed E-state index contributed by atoms with van der Waals surface area (Å²) in [6.45, 7) is 10.6. The van der Waals surface area contributed by atoms with E-state index in [2.05, 4.69) is 10.3 Å². The van der Waals surface area contributed by atoms with Crippen LogP contribution in [0.25, 0.3) is 0 Å². The highest BCUT2D eigenvalue weighted by atomic mass is 16.6. The molecule has 0 aromatic carbocycles. The lowest BCUT2D eigenvalue weighted by molar-refractivity contribution is 0.00516. The molecular weight excluding hydrogens is 274 g/mol. The minimum absolute atomic E-state index is 0.107. The van der Waals surface area contributed by atoms with Crippen molar-refractivity contribution in [3.63, 3.8) is 0 Å². The molecule has 0 saturated carbocycles. The second-order valence-corrected chi connectivity index (χ2v) is 6.69. The third kappa shape index (κ3) is 5.85. The van der Waals surface area contributed by atoms with Crippen LogP contribution in [0, 0.1) is 0 Å². The van der Waals surface area contributed by atoms with Crippen LogP contribution in [-0.4, -0.2) is 32.8 Å². The summed E-state index contributed by atoms with van der Waals surface area (Å²) in [6, 6.07) is 0. The maximum Gasteiger partial charge on any atom is 0.413 e. The minimum Gasteiger partial charge on any atom is -0.454 e. The number of ether oxygens (including phenoxy) is 2. The van der Waals surface area contributed by atoms with Crippen LogP contribution in [-0.2, 0) is 16.5 Å². The Bertz CT molecular complexity index is 535. The molecule has 1 aromatic heterocycles. The van der Waals surface area contributed by atoms with E-state index < -0.39 is 23.3 Å². The molecule has 1 amide bonds. The number of aromatic nitrogens is 2. The number of hydrogen-bond acceptors (Lipinski definition) is 5. The highest BCUT2D eigenvalue weighted by Gasteiger charge is 2.23. The van der Waals surface area contributed by atoms with Gasteiger partial charge in [-0.3, -0.25) is 5.32 Å². The van der Waals surface area contributed by atoms with E-state index in [-0.39, 0.29) is 11.6 Å². The molecule has 0 fully saturated rings. The van der Waals surface area contributed by atoms with Crippen LogP contribution in [0.15, 0.2) is 6.20 Å². The summed E-state index contributed by atoms with van der Waals surface area (Å²) in [7, 11) is 1.65. The van der Waals surface area contributed by atoms with Crippen LogP contribution in [0.4, 0.5) is 10.6 Å². The number of imidazole rings is 1. The lowest BCUT2D eigenvalue weighted by Gasteiger charge is -2.19. The zero-order valence-electron chi connectivity index (χ0n) is 13.6. The Morgan fingerprint density at radius 1 is 1.10 bits per heavy atom. The summed E-state index contributed by atoms with van der Waals surface area (Å²) in [4.78, 5) is 27.6. The molecule has 7 heteroatoms. The van der Waals surface area contributed by atoms with E-state index in [0.29, 0.717) is 0 Å². The highest BCUT2D eigenvalue weighted by Crippen LogP contribution is 2.15. The van der Waals surface area contributed by atoms with Crippen molar-refractivity contribution in [1.82, 2.24) is 9.55 Å². The summed E-state index contributed by atoms with van der Waals surface area (Å²) < 4.78 is 11.8. The summed E-state index contributed by atoms with van der Waals surface area (Å²) >= 11 is 0. The van der Waals surface area contributed by atoms with Crippen LogP contribution in [0.2, 0.25) is 0 Å². The first-order valence-corrected chi connectivity index (χ1v) is 6.64. The van der Waals surface area contributed by atoms with Gasteiger partial charge in [-0.25, -0.2) is 14.6 Å². The molecule has 0 aliphatic rings. The van der Waals surface area contributed by atoms with Crippen molar-refractivity contribution in [3.8, 4) is 0 Å². The predicted octanol–water partition coefficient (Wildman–Crippen LogP) is 2.72. The van der Waals surface area contributed by atoms with Gasteiger partial charge < -0.3 is 14.0 Å². The molecule has 0 atom stereocenters. The Labute approximate surface area is 124 Å². The van der Waals surface area contributed by atoms with E-state index in [4.69, 9.17) is 9.47 Å². The summed E-state index contributed by atoms with van der Waals surface area (Å²) in [5, 5.41) is 2.48. The molecule has 1 aromatic rings. The normalized spacial score (nSPS) is 12.0. The molecule has 7 nitrogen and oxygen atoms in total. The number of nitrogens with zero attached hydrogens (tertiary/aromatic N) is 2. The van der Waals surface area contributed by atoms with E-state index in [0.717, 1.165) is 0 Å². The van der Waals surface area contributed by atoms with Gasteiger partial charge >= 0.3 is 12.1 Å².